The first kappa shape index (κ1) is 10.7. The van der Waals surface area contributed by atoms with Crippen LogP contribution in [0.25, 0.3) is 0 Å². The molecule has 1 aliphatic heterocycles. The third-order valence-corrected chi connectivity index (χ3v) is 3.29. The topological polar surface area (TPSA) is 24.4 Å². The quantitative estimate of drug-likeness (QED) is 0.844. The molecule has 2 unspecified atom stereocenters. The SMILES string of the molecule is CSC1N=CC(Cc2ccccc2)CN1. The van der Waals surface area contributed by atoms with E-state index in [1.165, 1.54) is 5.56 Å². The number of thioether (sulfide) groups is 1. The lowest BCUT2D eigenvalue weighted by atomic mass is 10.00. The van der Waals surface area contributed by atoms with Crippen molar-refractivity contribution in [2.24, 2.45) is 10.9 Å². The number of aliphatic imine (C=N–C) groups is 1. The van der Waals surface area contributed by atoms with Crippen molar-refractivity contribution < 1.29 is 0 Å². The van der Waals surface area contributed by atoms with Gasteiger partial charge in [-0.05, 0) is 18.2 Å². The fourth-order valence-corrected chi connectivity index (χ4v) is 2.20. The Morgan fingerprint density at radius 2 is 2.20 bits per heavy atom. The Labute approximate surface area is 95.2 Å². The van der Waals surface area contributed by atoms with Gasteiger partial charge in [-0.15, -0.1) is 11.8 Å². The maximum absolute atomic E-state index is 4.45. The van der Waals surface area contributed by atoms with E-state index in [2.05, 4.69) is 53.1 Å². The second-order valence-electron chi connectivity index (χ2n) is 3.74. The third-order valence-electron chi connectivity index (χ3n) is 2.55. The highest BCUT2D eigenvalue weighted by molar-refractivity contribution is 7.99. The molecule has 0 aromatic heterocycles. The summed E-state index contributed by atoms with van der Waals surface area (Å²) < 4.78 is 0. The molecule has 2 nitrogen and oxygen atoms in total. The van der Waals surface area contributed by atoms with Gasteiger partial charge in [-0.3, -0.25) is 10.3 Å². The minimum atomic E-state index is 0.261. The Morgan fingerprint density at radius 3 is 2.80 bits per heavy atom. The summed E-state index contributed by atoms with van der Waals surface area (Å²) in [6.07, 6.45) is 5.26. The second-order valence-corrected chi connectivity index (χ2v) is 4.66. The number of hydrogen-bond donors (Lipinski definition) is 1. The van der Waals surface area contributed by atoms with Crippen LogP contribution in [0.5, 0.6) is 0 Å². The van der Waals surface area contributed by atoms with Crippen molar-refractivity contribution in [1.82, 2.24) is 5.32 Å². The lowest BCUT2D eigenvalue weighted by molar-refractivity contribution is 0.547. The molecule has 0 saturated heterocycles. The first-order valence-electron chi connectivity index (χ1n) is 5.22. The third kappa shape index (κ3) is 3.08. The molecule has 2 rings (SSSR count). The Balaban J connectivity index is 1.92. The second kappa shape index (κ2) is 5.33. The van der Waals surface area contributed by atoms with Crippen molar-refractivity contribution in [2.45, 2.75) is 11.9 Å². The van der Waals surface area contributed by atoms with Crippen molar-refractivity contribution in [2.75, 3.05) is 12.8 Å². The molecule has 15 heavy (non-hydrogen) atoms. The molecule has 0 aliphatic carbocycles. The van der Waals surface area contributed by atoms with Gasteiger partial charge in [0, 0.05) is 18.7 Å². The highest BCUT2D eigenvalue weighted by Gasteiger charge is 2.14. The van der Waals surface area contributed by atoms with E-state index in [9.17, 15) is 0 Å². The Kier molecular flexibility index (Phi) is 3.80. The molecular weight excluding hydrogens is 204 g/mol. The summed E-state index contributed by atoms with van der Waals surface area (Å²) in [4.78, 5) is 4.45. The van der Waals surface area contributed by atoms with Crippen LogP contribution in [0.4, 0.5) is 0 Å². The number of benzene rings is 1. The molecule has 3 heteroatoms. The summed E-state index contributed by atoms with van der Waals surface area (Å²) in [5.74, 6) is 0.538. The highest BCUT2D eigenvalue weighted by Crippen LogP contribution is 2.13. The molecule has 0 radical (unpaired) electrons. The van der Waals surface area contributed by atoms with Gasteiger partial charge in [0.05, 0.1) is 0 Å². The highest BCUT2D eigenvalue weighted by atomic mass is 32.2. The van der Waals surface area contributed by atoms with Gasteiger partial charge >= 0.3 is 0 Å². The molecule has 0 bridgehead atoms. The van der Waals surface area contributed by atoms with Crippen molar-refractivity contribution >= 4 is 18.0 Å². The maximum atomic E-state index is 4.45. The predicted molar refractivity (Wildman–Crippen MR) is 67.4 cm³/mol. The van der Waals surface area contributed by atoms with Crippen LogP contribution in [0, 0.1) is 5.92 Å². The number of nitrogens with zero attached hydrogens (tertiary/aromatic N) is 1. The van der Waals surface area contributed by atoms with Gasteiger partial charge in [-0.25, -0.2) is 0 Å². The van der Waals surface area contributed by atoms with Crippen LogP contribution in [-0.2, 0) is 6.42 Å². The number of rotatable bonds is 3. The summed E-state index contributed by atoms with van der Waals surface area (Å²) in [7, 11) is 0. The van der Waals surface area contributed by atoms with Gasteiger partial charge in [0.1, 0.15) is 5.50 Å². The van der Waals surface area contributed by atoms with Crippen LogP contribution in [-0.4, -0.2) is 24.5 Å². The van der Waals surface area contributed by atoms with Crippen molar-refractivity contribution in [1.29, 1.82) is 0 Å². The van der Waals surface area contributed by atoms with Gasteiger partial charge in [0.2, 0.25) is 0 Å². The molecular formula is C12H16N2S. The lowest BCUT2D eigenvalue weighted by Crippen LogP contribution is -2.36. The summed E-state index contributed by atoms with van der Waals surface area (Å²) in [6.45, 7) is 1.03. The molecule has 1 aromatic carbocycles. The molecule has 0 fully saturated rings. The van der Waals surface area contributed by atoms with E-state index < -0.39 is 0 Å². The fraction of sp³-hybridized carbons (Fsp3) is 0.417. The van der Waals surface area contributed by atoms with Crippen LogP contribution < -0.4 is 5.32 Å². The van der Waals surface area contributed by atoms with Crippen LogP contribution >= 0.6 is 11.8 Å². The van der Waals surface area contributed by atoms with E-state index in [0.717, 1.165) is 13.0 Å². The summed E-state index contributed by atoms with van der Waals surface area (Å²) in [5, 5.41) is 3.40. The standard InChI is InChI=1S/C12H16N2S/c1-15-12-13-8-11(9-14-12)7-10-5-3-2-4-6-10/h2-6,8,11-12,14H,7,9H2,1H3. The zero-order chi connectivity index (χ0) is 10.5. The van der Waals surface area contributed by atoms with Gasteiger partial charge in [-0.2, -0.15) is 0 Å². The van der Waals surface area contributed by atoms with Crippen LogP contribution in [0.15, 0.2) is 35.3 Å². The van der Waals surface area contributed by atoms with E-state index in [4.69, 9.17) is 0 Å². The fourth-order valence-electron chi connectivity index (χ4n) is 1.74. The zero-order valence-electron chi connectivity index (χ0n) is 8.89. The first-order valence-corrected chi connectivity index (χ1v) is 6.50. The molecule has 80 valence electrons. The monoisotopic (exact) mass is 220 g/mol. The Hall–Kier alpha value is -0.800. The van der Waals surface area contributed by atoms with Crippen LogP contribution in [0.3, 0.4) is 0 Å². The molecule has 0 amide bonds. The van der Waals surface area contributed by atoms with E-state index >= 15 is 0 Å². The van der Waals surface area contributed by atoms with E-state index in [-0.39, 0.29) is 5.50 Å². The first-order chi connectivity index (χ1) is 7.38. The normalized spacial score (nSPS) is 25.4. The van der Waals surface area contributed by atoms with E-state index in [0.29, 0.717) is 5.92 Å². The van der Waals surface area contributed by atoms with E-state index in [1.807, 2.05) is 0 Å². The average Bonchev–Trinajstić information content (AvgIpc) is 2.31. The lowest BCUT2D eigenvalue weighted by Gasteiger charge is -2.22. The summed E-state index contributed by atoms with van der Waals surface area (Å²) in [5.41, 5.74) is 1.65. The van der Waals surface area contributed by atoms with Gasteiger partial charge in [0.25, 0.3) is 0 Å². The smallest absolute Gasteiger partial charge is 0.146 e. The van der Waals surface area contributed by atoms with Gasteiger partial charge in [0.15, 0.2) is 0 Å². The molecule has 1 aromatic rings. The minimum Gasteiger partial charge on any atom is -0.287 e. The van der Waals surface area contributed by atoms with Crippen molar-refractivity contribution in [3.63, 3.8) is 0 Å². The average molecular weight is 220 g/mol. The minimum absolute atomic E-state index is 0.261. The van der Waals surface area contributed by atoms with Gasteiger partial charge < -0.3 is 0 Å². The molecule has 0 spiro atoms. The van der Waals surface area contributed by atoms with E-state index in [1.54, 1.807) is 11.8 Å². The van der Waals surface area contributed by atoms with Crippen LogP contribution in [0.1, 0.15) is 5.56 Å². The number of nitrogens with one attached hydrogen (secondary N) is 1. The summed E-state index contributed by atoms with van der Waals surface area (Å²) in [6, 6.07) is 10.6. The Morgan fingerprint density at radius 1 is 1.40 bits per heavy atom. The molecule has 1 heterocycles. The molecule has 1 N–H and O–H groups in total. The van der Waals surface area contributed by atoms with Gasteiger partial charge in [-0.1, -0.05) is 30.3 Å². The maximum Gasteiger partial charge on any atom is 0.146 e. The molecule has 0 saturated carbocycles. The van der Waals surface area contributed by atoms with Crippen LogP contribution in [0.2, 0.25) is 0 Å². The van der Waals surface area contributed by atoms with Crippen molar-refractivity contribution in [3.05, 3.63) is 35.9 Å². The number of hydrogen-bond acceptors (Lipinski definition) is 3. The van der Waals surface area contributed by atoms with Crippen molar-refractivity contribution in [3.8, 4) is 0 Å². The predicted octanol–water partition coefficient (Wildman–Crippen LogP) is 2.17. The largest absolute Gasteiger partial charge is 0.287 e. The Bertz CT molecular complexity index is 324. The zero-order valence-corrected chi connectivity index (χ0v) is 9.70. The molecule has 2 atom stereocenters. The summed E-state index contributed by atoms with van der Waals surface area (Å²) >= 11 is 1.75. The molecule has 1 aliphatic rings.